The fraction of sp³-hybridized carbons (Fsp3) is 0.286. The summed E-state index contributed by atoms with van der Waals surface area (Å²) in [5, 5.41) is 0. The average molecular weight is 142 g/mol. The van der Waals surface area contributed by atoms with Gasteiger partial charge in [0.2, 0.25) is 0 Å². The smallest absolute Gasteiger partial charge is 0.308 e. The summed E-state index contributed by atoms with van der Waals surface area (Å²) in [6, 6.07) is 0. The molecule has 0 fully saturated rings. The Morgan fingerprint density at radius 3 is 2.50 bits per heavy atom. The Hall–Kier alpha value is -1.25. The van der Waals surface area contributed by atoms with Crippen molar-refractivity contribution in [3.63, 3.8) is 0 Å². The van der Waals surface area contributed by atoms with Crippen LogP contribution in [0.1, 0.15) is 6.92 Å². The minimum absolute atomic E-state index is 0.315. The molecule has 0 aromatic heterocycles. The van der Waals surface area contributed by atoms with E-state index in [1.54, 1.807) is 0 Å². The molecule has 0 N–H and O–H groups in total. The first-order valence-electron chi connectivity index (χ1n) is 2.74. The summed E-state index contributed by atoms with van der Waals surface area (Å²) in [4.78, 5) is 10.3. The SMILES string of the molecule is C=CC(=COC)OC(C)=O. The molecule has 0 amide bonds. The van der Waals surface area contributed by atoms with Gasteiger partial charge in [0.25, 0.3) is 0 Å². The lowest BCUT2D eigenvalue weighted by atomic mass is 10.5. The molecule has 10 heavy (non-hydrogen) atoms. The molecule has 0 spiro atoms. The molecule has 0 bridgehead atoms. The van der Waals surface area contributed by atoms with Crippen LogP contribution in [-0.2, 0) is 14.3 Å². The third kappa shape index (κ3) is 3.72. The van der Waals surface area contributed by atoms with Gasteiger partial charge in [-0.05, 0) is 6.08 Å². The molecular weight excluding hydrogens is 132 g/mol. The van der Waals surface area contributed by atoms with E-state index >= 15 is 0 Å². The van der Waals surface area contributed by atoms with Crippen LogP contribution < -0.4 is 0 Å². The summed E-state index contributed by atoms with van der Waals surface area (Å²) >= 11 is 0. The summed E-state index contributed by atoms with van der Waals surface area (Å²) in [6.07, 6.45) is 2.69. The standard InChI is InChI=1S/C7H10O3/c1-4-7(5-9-3)10-6(2)8/h4-5H,1H2,2-3H3. The summed E-state index contributed by atoms with van der Waals surface area (Å²) in [5.41, 5.74) is 0. The second-order valence-corrected chi connectivity index (χ2v) is 1.55. The lowest BCUT2D eigenvalue weighted by Crippen LogP contribution is -1.96. The first-order valence-corrected chi connectivity index (χ1v) is 2.74. The van der Waals surface area contributed by atoms with Gasteiger partial charge in [-0.15, -0.1) is 0 Å². The van der Waals surface area contributed by atoms with Gasteiger partial charge in [-0.25, -0.2) is 0 Å². The zero-order valence-corrected chi connectivity index (χ0v) is 6.09. The Labute approximate surface area is 59.9 Å². The van der Waals surface area contributed by atoms with Gasteiger partial charge in [-0.3, -0.25) is 4.79 Å². The predicted molar refractivity (Wildman–Crippen MR) is 37.1 cm³/mol. The number of rotatable bonds is 3. The molecule has 0 atom stereocenters. The molecule has 0 radical (unpaired) electrons. The molecule has 0 saturated carbocycles. The Morgan fingerprint density at radius 1 is 1.60 bits per heavy atom. The van der Waals surface area contributed by atoms with Crippen LogP contribution in [0.3, 0.4) is 0 Å². The van der Waals surface area contributed by atoms with E-state index in [1.165, 1.54) is 26.4 Å². The van der Waals surface area contributed by atoms with Gasteiger partial charge in [0, 0.05) is 6.92 Å². The Balaban J connectivity index is 3.95. The van der Waals surface area contributed by atoms with Crippen molar-refractivity contribution in [1.82, 2.24) is 0 Å². The number of methoxy groups -OCH3 is 1. The number of hydrogen-bond acceptors (Lipinski definition) is 3. The highest BCUT2D eigenvalue weighted by molar-refractivity contribution is 5.67. The minimum atomic E-state index is -0.386. The van der Waals surface area contributed by atoms with Crippen LogP contribution in [0.4, 0.5) is 0 Å². The van der Waals surface area contributed by atoms with Gasteiger partial charge in [-0.1, -0.05) is 6.58 Å². The molecule has 0 aliphatic carbocycles. The maximum absolute atomic E-state index is 10.3. The Morgan fingerprint density at radius 2 is 2.20 bits per heavy atom. The first kappa shape index (κ1) is 8.75. The highest BCUT2D eigenvalue weighted by Gasteiger charge is 1.95. The highest BCUT2D eigenvalue weighted by Crippen LogP contribution is 1.97. The van der Waals surface area contributed by atoms with Gasteiger partial charge in [-0.2, -0.15) is 0 Å². The van der Waals surface area contributed by atoms with Crippen molar-refractivity contribution in [3.05, 3.63) is 24.7 Å². The summed E-state index contributed by atoms with van der Waals surface area (Å²) in [5.74, 6) is -0.0711. The van der Waals surface area contributed by atoms with Crippen LogP contribution in [0.5, 0.6) is 0 Å². The van der Waals surface area contributed by atoms with Gasteiger partial charge >= 0.3 is 5.97 Å². The van der Waals surface area contributed by atoms with Crippen molar-refractivity contribution in [2.75, 3.05) is 7.11 Å². The van der Waals surface area contributed by atoms with Crippen molar-refractivity contribution in [2.45, 2.75) is 6.92 Å². The van der Waals surface area contributed by atoms with Crippen LogP contribution in [0.15, 0.2) is 24.7 Å². The largest absolute Gasteiger partial charge is 0.500 e. The second-order valence-electron chi connectivity index (χ2n) is 1.55. The summed E-state index contributed by atoms with van der Waals surface area (Å²) in [6.45, 7) is 4.72. The molecule has 0 saturated heterocycles. The van der Waals surface area contributed by atoms with E-state index in [-0.39, 0.29) is 5.97 Å². The predicted octanol–water partition coefficient (Wildman–Crippen LogP) is 1.22. The maximum Gasteiger partial charge on any atom is 0.308 e. The van der Waals surface area contributed by atoms with Crippen molar-refractivity contribution in [3.8, 4) is 0 Å². The van der Waals surface area contributed by atoms with Crippen LogP contribution in [0, 0.1) is 0 Å². The summed E-state index contributed by atoms with van der Waals surface area (Å²) < 4.78 is 9.20. The van der Waals surface area contributed by atoms with E-state index in [4.69, 9.17) is 0 Å². The van der Waals surface area contributed by atoms with Gasteiger partial charge < -0.3 is 9.47 Å². The second kappa shape index (κ2) is 4.61. The monoisotopic (exact) mass is 142 g/mol. The van der Waals surface area contributed by atoms with Gasteiger partial charge in [0.15, 0.2) is 5.76 Å². The number of ether oxygens (including phenoxy) is 2. The molecule has 56 valence electrons. The number of allylic oxidation sites excluding steroid dienone is 1. The third-order valence-corrected chi connectivity index (χ3v) is 0.697. The fourth-order valence-electron chi connectivity index (χ4n) is 0.396. The molecule has 0 aromatic carbocycles. The van der Waals surface area contributed by atoms with Gasteiger partial charge in [0.05, 0.1) is 7.11 Å². The highest BCUT2D eigenvalue weighted by atomic mass is 16.5. The van der Waals surface area contributed by atoms with E-state index < -0.39 is 0 Å². The van der Waals surface area contributed by atoms with Crippen molar-refractivity contribution in [1.29, 1.82) is 0 Å². The maximum atomic E-state index is 10.3. The van der Waals surface area contributed by atoms with Gasteiger partial charge in [0.1, 0.15) is 6.26 Å². The molecule has 0 rings (SSSR count). The number of carbonyl (C=O) groups excluding carboxylic acids is 1. The molecule has 0 heterocycles. The lowest BCUT2D eigenvalue weighted by Gasteiger charge is -1.98. The zero-order chi connectivity index (χ0) is 7.98. The molecular formula is C7H10O3. The lowest BCUT2D eigenvalue weighted by molar-refractivity contribution is -0.136. The quantitative estimate of drug-likeness (QED) is 0.337. The van der Waals surface area contributed by atoms with Crippen molar-refractivity contribution >= 4 is 5.97 Å². The first-order chi connectivity index (χ1) is 4.70. The molecule has 0 aromatic rings. The van der Waals surface area contributed by atoms with Crippen LogP contribution >= 0.6 is 0 Å². The Bertz CT molecular complexity index is 158. The molecule has 3 nitrogen and oxygen atoms in total. The van der Waals surface area contributed by atoms with E-state index in [9.17, 15) is 4.79 Å². The average Bonchev–Trinajstić information content (AvgIpc) is 1.86. The van der Waals surface area contributed by atoms with Crippen molar-refractivity contribution < 1.29 is 14.3 Å². The zero-order valence-electron chi connectivity index (χ0n) is 6.09. The Kier molecular flexibility index (Phi) is 4.04. The molecule has 0 unspecified atom stereocenters. The molecule has 0 aliphatic heterocycles. The topological polar surface area (TPSA) is 35.5 Å². The summed E-state index contributed by atoms with van der Waals surface area (Å²) in [7, 11) is 1.47. The number of esters is 1. The third-order valence-electron chi connectivity index (χ3n) is 0.697. The molecule has 3 heteroatoms. The van der Waals surface area contributed by atoms with E-state index in [1.807, 2.05) is 0 Å². The minimum Gasteiger partial charge on any atom is -0.500 e. The number of hydrogen-bond donors (Lipinski definition) is 0. The van der Waals surface area contributed by atoms with Crippen LogP contribution in [0.25, 0.3) is 0 Å². The van der Waals surface area contributed by atoms with Crippen LogP contribution in [0.2, 0.25) is 0 Å². The van der Waals surface area contributed by atoms with E-state index in [0.29, 0.717) is 5.76 Å². The molecule has 0 aliphatic rings. The van der Waals surface area contributed by atoms with Crippen molar-refractivity contribution in [2.24, 2.45) is 0 Å². The fourth-order valence-corrected chi connectivity index (χ4v) is 0.396. The van der Waals surface area contributed by atoms with E-state index in [0.717, 1.165) is 0 Å². The van der Waals surface area contributed by atoms with E-state index in [2.05, 4.69) is 16.1 Å². The van der Waals surface area contributed by atoms with Crippen LogP contribution in [-0.4, -0.2) is 13.1 Å². The normalized spacial score (nSPS) is 10.4. The number of carbonyl (C=O) groups is 1.